The summed E-state index contributed by atoms with van der Waals surface area (Å²) in [5, 5.41) is 1.17. The van der Waals surface area contributed by atoms with Crippen molar-refractivity contribution in [1.82, 2.24) is 4.98 Å². The van der Waals surface area contributed by atoms with Crippen molar-refractivity contribution in [2.24, 2.45) is 0 Å². The molecule has 7 heteroatoms. The fraction of sp³-hybridized carbons (Fsp3) is 0.0455. The molecular formula is C22H18ClN3O2S. The second-order valence-electron chi connectivity index (χ2n) is 6.66. The molecule has 0 spiro atoms. The van der Waals surface area contributed by atoms with Crippen LogP contribution in [-0.4, -0.2) is 13.4 Å². The number of halogens is 1. The molecule has 5 nitrogen and oxygen atoms in total. The Morgan fingerprint density at radius 1 is 0.931 bits per heavy atom. The molecule has 0 amide bonds. The average Bonchev–Trinajstić information content (AvgIpc) is 2.69. The van der Waals surface area contributed by atoms with Gasteiger partial charge in [0.2, 0.25) is 0 Å². The number of nitrogens with one attached hydrogen (secondary N) is 1. The fourth-order valence-corrected chi connectivity index (χ4v) is 4.40. The zero-order valence-electron chi connectivity index (χ0n) is 15.6. The van der Waals surface area contributed by atoms with Gasteiger partial charge in [0.15, 0.2) is 5.82 Å². The van der Waals surface area contributed by atoms with Crippen LogP contribution in [0.4, 0.5) is 11.5 Å². The van der Waals surface area contributed by atoms with E-state index in [0.717, 1.165) is 10.9 Å². The van der Waals surface area contributed by atoms with Crippen molar-refractivity contribution in [2.45, 2.75) is 11.8 Å². The Balaban J connectivity index is 1.95. The molecule has 1 aromatic heterocycles. The third-order valence-electron chi connectivity index (χ3n) is 4.64. The van der Waals surface area contributed by atoms with Crippen molar-refractivity contribution in [1.29, 1.82) is 0 Å². The van der Waals surface area contributed by atoms with Gasteiger partial charge in [0.05, 0.1) is 21.7 Å². The monoisotopic (exact) mass is 423 g/mol. The highest BCUT2D eigenvalue weighted by molar-refractivity contribution is 7.92. The first-order chi connectivity index (χ1) is 13.9. The SMILES string of the molecule is Cc1ccc(S(=O)(=O)Nc2nc3ccccc3c(N)c2-c2ccccc2Cl)cc1. The number of nitrogens with two attached hydrogens (primary N) is 1. The molecule has 4 aromatic rings. The summed E-state index contributed by atoms with van der Waals surface area (Å²) in [5.74, 6) is 0.134. The van der Waals surface area contributed by atoms with Gasteiger partial charge in [-0.15, -0.1) is 0 Å². The first kappa shape index (κ1) is 19.2. The number of para-hydroxylation sites is 1. The Morgan fingerprint density at radius 3 is 2.31 bits per heavy atom. The second kappa shape index (κ2) is 7.39. The van der Waals surface area contributed by atoms with E-state index < -0.39 is 10.0 Å². The molecule has 1 heterocycles. The quantitative estimate of drug-likeness (QED) is 0.469. The van der Waals surface area contributed by atoms with Gasteiger partial charge in [-0.2, -0.15) is 0 Å². The van der Waals surface area contributed by atoms with Gasteiger partial charge in [0, 0.05) is 16.0 Å². The minimum Gasteiger partial charge on any atom is -0.398 e. The normalized spacial score (nSPS) is 11.5. The van der Waals surface area contributed by atoms with E-state index in [4.69, 9.17) is 17.3 Å². The van der Waals surface area contributed by atoms with Gasteiger partial charge in [0.25, 0.3) is 10.0 Å². The van der Waals surface area contributed by atoms with Crippen LogP contribution in [-0.2, 0) is 10.0 Å². The number of aryl methyl sites for hydroxylation is 1. The molecule has 0 aliphatic rings. The summed E-state index contributed by atoms with van der Waals surface area (Å²) >= 11 is 6.40. The highest BCUT2D eigenvalue weighted by Gasteiger charge is 2.22. The number of hydrogen-bond donors (Lipinski definition) is 2. The van der Waals surface area contributed by atoms with Crippen molar-refractivity contribution in [3.8, 4) is 11.1 Å². The standard InChI is InChI=1S/C22H18ClN3O2S/c1-14-10-12-15(13-11-14)29(27,28)26-22-20(16-6-2-4-8-18(16)23)21(24)17-7-3-5-9-19(17)25-22/h2-13H,1H3,(H3,24,25,26). The summed E-state index contributed by atoms with van der Waals surface area (Å²) in [6, 6.07) is 21.0. The van der Waals surface area contributed by atoms with Crippen molar-refractivity contribution >= 4 is 44.0 Å². The van der Waals surface area contributed by atoms with Crippen LogP contribution in [0.25, 0.3) is 22.0 Å². The summed E-state index contributed by atoms with van der Waals surface area (Å²) in [6.07, 6.45) is 0. The van der Waals surface area contributed by atoms with Crippen LogP contribution < -0.4 is 10.5 Å². The van der Waals surface area contributed by atoms with E-state index in [9.17, 15) is 8.42 Å². The van der Waals surface area contributed by atoms with Gasteiger partial charge in [-0.3, -0.25) is 4.72 Å². The Hall–Kier alpha value is -3.09. The van der Waals surface area contributed by atoms with E-state index in [1.165, 1.54) is 0 Å². The summed E-state index contributed by atoms with van der Waals surface area (Å²) in [6.45, 7) is 1.89. The number of benzene rings is 3. The van der Waals surface area contributed by atoms with Crippen LogP contribution in [0.5, 0.6) is 0 Å². The van der Waals surface area contributed by atoms with Crippen LogP contribution in [0, 0.1) is 6.92 Å². The van der Waals surface area contributed by atoms with E-state index in [1.54, 1.807) is 48.5 Å². The van der Waals surface area contributed by atoms with E-state index in [2.05, 4.69) is 9.71 Å². The number of anilines is 2. The number of pyridine rings is 1. The van der Waals surface area contributed by atoms with Crippen molar-refractivity contribution in [3.05, 3.63) is 83.4 Å². The molecule has 0 radical (unpaired) electrons. The summed E-state index contributed by atoms with van der Waals surface area (Å²) in [7, 11) is -3.87. The molecule has 0 atom stereocenters. The third kappa shape index (κ3) is 3.64. The smallest absolute Gasteiger partial charge is 0.263 e. The van der Waals surface area contributed by atoms with Crippen molar-refractivity contribution in [2.75, 3.05) is 10.5 Å². The molecule has 3 N–H and O–H groups in total. The Morgan fingerprint density at radius 2 is 1.59 bits per heavy atom. The lowest BCUT2D eigenvalue weighted by Crippen LogP contribution is -2.15. The van der Waals surface area contributed by atoms with Crippen molar-refractivity contribution in [3.63, 3.8) is 0 Å². The van der Waals surface area contributed by atoms with Gasteiger partial charge in [-0.1, -0.05) is 65.7 Å². The van der Waals surface area contributed by atoms with E-state index in [1.807, 2.05) is 31.2 Å². The molecule has 29 heavy (non-hydrogen) atoms. The molecule has 0 aliphatic carbocycles. The van der Waals surface area contributed by atoms with Crippen LogP contribution in [0.15, 0.2) is 77.7 Å². The average molecular weight is 424 g/mol. The fourth-order valence-electron chi connectivity index (χ4n) is 3.15. The zero-order valence-corrected chi connectivity index (χ0v) is 17.1. The van der Waals surface area contributed by atoms with Gasteiger partial charge >= 0.3 is 0 Å². The predicted molar refractivity (Wildman–Crippen MR) is 119 cm³/mol. The highest BCUT2D eigenvalue weighted by Crippen LogP contribution is 2.40. The van der Waals surface area contributed by atoms with Gasteiger partial charge in [0.1, 0.15) is 0 Å². The number of aromatic nitrogens is 1. The minimum absolute atomic E-state index is 0.134. The number of nitrogens with zero attached hydrogens (tertiary/aromatic N) is 1. The molecule has 4 rings (SSSR count). The predicted octanol–water partition coefficient (Wildman–Crippen LogP) is 5.25. The highest BCUT2D eigenvalue weighted by atomic mass is 35.5. The molecular weight excluding hydrogens is 406 g/mol. The maximum absolute atomic E-state index is 13.0. The molecule has 0 unspecified atom stereocenters. The number of sulfonamides is 1. The number of rotatable bonds is 4. The third-order valence-corrected chi connectivity index (χ3v) is 6.32. The maximum atomic E-state index is 13.0. The Bertz CT molecular complexity index is 1320. The first-order valence-corrected chi connectivity index (χ1v) is 10.8. The van der Waals surface area contributed by atoms with Crippen LogP contribution in [0.2, 0.25) is 5.02 Å². The van der Waals surface area contributed by atoms with Crippen LogP contribution in [0.1, 0.15) is 5.56 Å². The minimum atomic E-state index is -3.87. The van der Waals surface area contributed by atoms with E-state index >= 15 is 0 Å². The lowest BCUT2D eigenvalue weighted by Gasteiger charge is -2.17. The second-order valence-corrected chi connectivity index (χ2v) is 8.75. The van der Waals surface area contributed by atoms with Crippen molar-refractivity contribution < 1.29 is 8.42 Å². The first-order valence-electron chi connectivity index (χ1n) is 8.89. The maximum Gasteiger partial charge on any atom is 0.263 e. The Labute approximate surface area is 174 Å². The largest absolute Gasteiger partial charge is 0.398 e. The molecule has 0 fully saturated rings. The molecule has 3 aromatic carbocycles. The molecule has 0 saturated carbocycles. The number of fused-ring (bicyclic) bond motifs is 1. The van der Waals surface area contributed by atoms with E-state index in [-0.39, 0.29) is 10.7 Å². The molecule has 0 saturated heterocycles. The molecule has 0 bridgehead atoms. The zero-order chi connectivity index (χ0) is 20.6. The molecule has 146 valence electrons. The van der Waals surface area contributed by atoms with Crippen LogP contribution in [0.3, 0.4) is 0 Å². The lowest BCUT2D eigenvalue weighted by atomic mass is 10.0. The summed E-state index contributed by atoms with van der Waals surface area (Å²) in [4.78, 5) is 4.69. The van der Waals surface area contributed by atoms with Gasteiger partial charge in [-0.25, -0.2) is 13.4 Å². The Kier molecular flexibility index (Phi) is 4.90. The van der Waals surface area contributed by atoms with Crippen LogP contribution >= 0.6 is 11.6 Å². The summed E-state index contributed by atoms with van der Waals surface area (Å²) in [5.41, 5.74) is 9.48. The number of nitrogen functional groups attached to an aromatic ring is 1. The topological polar surface area (TPSA) is 85.1 Å². The lowest BCUT2D eigenvalue weighted by molar-refractivity contribution is 0.601. The molecule has 0 aliphatic heterocycles. The van der Waals surface area contributed by atoms with E-state index in [0.29, 0.717) is 27.4 Å². The van der Waals surface area contributed by atoms with Gasteiger partial charge < -0.3 is 5.73 Å². The van der Waals surface area contributed by atoms with Gasteiger partial charge in [-0.05, 0) is 31.2 Å². The summed E-state index contributed by atoms with van der Waals surface area (Å²) < 4.78 is 28.6. The number of hydrogen-bond acceptors (Lipinski definition) is 4.